The molecule has 0 aromatic carbocycles. The van der Waals surface area contributed by atoms with Crippen LogP contribution >= 0.6 is 0 Å². The van der Waals surface area contributed by atoms with E-state index in [4.69, 9.17) is 5.11 Å². The van der Waals surface area contributed by atoms with E-state index in [1.807, 2.05) is 0 Å². The van der Waals surface area contributed by atoms with Gasteiger partial charge in [0.1, 0.15) is 5.41 Å². The van der Waals surface area contributed by atoms with Gasteiger partial charge < -0.3 is 10.0 Å². The Morgan fingerprint density at radius 3 is 2.43 bits per heavy atom. The Bertz CT molecular complexity index is 283. The van der Waals surface area contributed by atoms with Crippen molar-refractivity contribution in [3.05, 3.63) is 0 Å². The van der Waals surface area contributed by atoms with Gasteiger partial charge in [0, 0.05) is 13.1 Å². The molecule has 1 saturated heterocycles. The number of hydrogen-bond donors (Lipinski definition) is 1. The normalized spacial score (nSPS) is 28.9. The van der Waals surface area contributed by atoms with Gasteiger partial charge in [0.05, 0.1) is 0 Å². The fourth-order valence-corrected chi connectivity index (χ4v) is 2.07. The third-order valence-corrected chi connectivity index (χ3v) is 3.28. The third-order valence-electron chi connectivity index (χ3n) is 3.28. The maximum absolute atomic E-state index is 11.9. The molecule has 2 fully saturated rings. The van der Waals surface area contributed by atoms with E-state index < -0.39 is 11.4 Å². The number of carbonyl (C=O) groups is 2. The quantitative estimate of drug-likeness (QED) is 0.663. The maximum Gasteiger partial charge on any atom is 0.319 e. The number of carboxylic acids is 1. The van der Waals surface area contributed by atoms with Crippen molar-refractivity contribution in [2.45, 2.75) is 26.2 Å². The summed E-state index contributed by atoms with van der Waals surface area (Å²) in [5.74, 6) is -0.583. The van der Waals surface area contributed by atoms with Crippen LogP contribution in [0.3, 0.4) is 0 Å². The molecule has 1 amide bonds. The third kappa shape index (κ3) is 1.29. The molecule has 4 nitrogen and oxygen atoms in total. The highest BCUT2D eigenvalue weighted by Gasteiger charge is 2.58. The smallest absolute Gasteiger partial charge is 0.319 e. The standard InChI is InChI=1S/C10H15NO3/c1-7-2-5-11(6-7)8(12)10(3-4-10)9(13)14/h7H,2-6H2,1H3,(H,13,14). The van der Waals surface area contributed by atoms with E-state index in [1.165, 1.54) is 0 Å². The fraction of sp³-hybridized carbons (Fsp3) is 0.800. The Kier molecular flexibility index (Phi) is 2.01. The topological polar surface area (TPSA) is 57.6 Å². The average Bonchev–Trinajstić information content (AvgIpc) is 2.84. The van der Waals surface area contributed by atoms with Crippen molar-refractivity contribution in [3.8, 4) is 0 Å². The van der Waals surface area contributed by atoms with Crippen LogP contribution in [0.15, 0.2) is 0 Å². The molecule has 1 saturated carbocycles. The van der Waals surface area contributed by atoms with Crippen molar-refractivity contribution in [1.29, 1.82) is 0 Å². The lowest BCUT2D eigenvalue weighted by Crippen LogP contribution is -2.39. The van der Waals surface area contributed by atoms with Crippen molar-refractivity contribution in [2.24, 2.45) is 11.3 Å². The first-order valence-corrected chi connectivity index (χ1v) is 5.09. The number of likely N-dealkylation sites (tertiary alicyclic amines) is 1. The zero-order chi connectivity index (χ0) is 10.3. The van der Waals surface area contributed by atoms with E-state index in [0.29, 0.717) is 18.8 Å². The molecule has 2 aliphatic rings. The van der Waals surface area contributed by atoms with Crippen molar-refractivity contribution in [2.75, 3.05) is 13.1 Å². The predicted octanol–water partition coefficient (Wildman–Crippen LogP) is 0.720. The SMILES string of the molecule is CC1CCN(C(=O)C2(C(=O)O)CC2)C1. The number of carboxylic acid groups (broad SMARTS) is 1. The van der Waals surface area contributed by atoms with E-state index in [9.17, 15) is 9.59 Å². The lowest BCUT2D eigenvalue weighted by molar-refractivity contribution is -0.153. The molecule has 0 radical (unpaired) electrons. The molecule has 1 aliphatic heterocycles. The molecule has 1 atom stereocenters. The van der Waals surface area contributed by atoms with Crippen molar-refractivity contribution >= 4 is 11.9 Å². The number of carbonyl (C=O) groups excluding carboxylic acids is 1. The van der Waals surface area contributed by atoms with Crippen LogP contribution in [0.1, 0.15) is 26.2 Å². The van der Waals surface area contributed by atoms with Crippen LogP contribution in [-0.2, 0) is 9.59 Å². The number of nitrogens with zero attached hydrogens (tertiary/aromatic N) is 1. The van der Waals surface area contributed by atoms with Gasteiger partial charge in [0.2, 0.25) is 5.91 Å². The first kappa shape index (κ1) is 9.49. The minimum Gasteiger partial charge on any atom is -0.480 e. The first-order chi connectivity index (χ1) is 6.56. The Morgan fingerprint density at radius 2 is 2.07 bits per heavy atom. The highest BCUT2D eigenvalue weighted by atomic mass is 16.4. The van der Waals surface area contributed by atoms with Crippen LogP contribution in [0.4, 0.5) is 0 Å². The van der Waals surface area contributed by atoms with Crippen LogP contribution in [0.2, 0.25) is 0 Å². The summed E-state index contributed by atoms with van der Waals surface area (Å²) in [5.41, 5.74) is -1.04. The summed E-state index contributed by atoms with van der Waals surface area (Å²) in [6.07, 6.45) is 2.04. The predicted molar refractivity (Wildman–Crippen MR) is 49.7 cm³/mol. The lowest BCUT2D eigenvalue weighted by Gasteiger charge is -2.20. The van der Waals surface area contributed by atoms with E-state index in [0.717, 1.165) is 19.5 Å². The second kappa shape index (κ2) is 2.97. The molecular weight excluding hydrogens is 182 g/mol. The largest absolute Gasteiger partial charge is 0.480 e. The molecule has 0 aromatic heterocycles. The number of rotatable bonds is 2. The van der Waals surface area contributed by atoms with Gasteiger partial charge in [-0.25, -0.2) is 0 Å². The molecule has 2 rings (SSSR count). The number of aliphatic carboxylic acids is 1. The molecule has 1 unspecified atom stereocenters. The molecule has 14 heavy (non-hydrogen) atoms. The summed E-state index contributed by atoms with van der Waals surface area (Å²) in [6.45, 7) is 3.55. The zero-order valence-corrected chi connectivity index (χ0v) is 8.32. The van der Waals surface area contributed by atoms with Crippen molar-refractivity contribution in [1.82, 2.24) is 4.90 Å². The van der Waals surface area contributed by atoms with Gasteiger partial charge in [-0.15, -0.1) is 0 Å². The Morgan fingerprint density at radius 1 is 1.43 bits per heavy atom. The molecule has 0 spiro atoms. The minimum atomic E-state index is -1.04. The Labute approximate surface area is 82.9 Å². The Balaban J connectivity index is 2.06. The highest BCUT2D eigenvalue weighted by Crippen LogP contribution is 2.48. The monoisotopic (exact) mass is 197 g/mol. The summed E-state index contributed by atoms with van der Waals surface area (Å²) < 4.78 is 0. The van der Waals surface area contributed by atoms with Crippen molar-refractivity contribution in [3.63, 3.8) is 0 Å². The van der Waals surface area contributed by atoms with Gasteiger partial charge in [-0.2, -0.15) is 0 Å². The van der Waals surface area contributed by atoms with Crippen LogP contribution in [-0.4, -0.2) is 35.0 Å². The van der Waals surface area contributed by atoms with Crippen LogP contribution in [0.25, 0.3) is 0 Å². The summed E-state index contributed by atoms with van der Waals surface area (Å²) in [7, 11) is 0. The van der Waals surface area contributed by atoms with E-state index in [2.05, 4.69) is 6.92 Å². The van der Waals surface area contributed by atoms with Gasteiger partial charge in [-0.1, -0.05) is 6.92 Å². The van der Waals surface area contributed by atoms with Gasteiger partial charge in [0.15, 0.2) is 0 Å². The van der Waals surface area contributed by atoms with Crippen LogP contribution in [0, 0.1) is 11.3 Å². The molecule has 0 aromatic rings. The van der Waals surface area contributed by atoms with E-state index in [-0.39, 0.29) is 5.91 Å². The molecule has 1 N–H and O–H groups in total. The molecular formula is C10H15NO3. The first-order valence-electron chi connectivity index (χ1n) is 5.09. The van der Waals surface area contributed by atoms with Gasteiger partial charge in [0.25, 0.3) is 0 Å². The molecule has 78 valence electrons. The highest BCUT2D eigenvalue weighted by molar-refractivity contribution is 6.04. The summed E-state index contributed by atoms with van der Waals surface area (Å²) in [4.78, 5) is 24.5. The molecule has 1 heterocycles. The molecule has 1 aliphatic carbocycles. The summed E-state index contributed by atoms with van der Waals surface area (Å²) >= 11 is 0. The fourth-order valence-electron chi connectivity index (χ4n) is 2.07. The van der Waals surface area contributed by atoms with Crippen LogP contribution < -0.4 is 0 Å². The lowest BCUT2D eigenvalue weighted by atomic mass is 10.1. The van der Waals surface area contributed by atoms with Crippen molar-refractivity contribution < 1.29 is 14.7 Å². The molecule has 4 heteroatoms. The minimum absolute atomic E-state index is 0.158. The van der Waals surface area contributed by atoms with E-state index in [1.54, 1.807) is 4.90 Å². The van der Waals surface area contributed by atoms with Gasteiger partial charge in [-0.3, -0.25) is 9.59 Å². The number of hydrogen-bond acceptors (Lipinski definition) is 2. The zero-order valence-electron chi connectivity index (χ0n) is 8.32. The Hall–Kier alpha value is -1.06. The molecule has 0 bridgehead atoms. The number of amides is 1. The second-order valence-electron chi connectivity index (χ2n) is 4.53. The van der Waals surface area contributed by atoms with Gasteiger partial charge in [-0.05, 0) is 25.2 Å². The van der Waals surface area contributed by atoms with Crippen LogP contribution in [0.5, 0.6) is 0 Å². The second-order valence-corrected chi connectivity index (χ2v) is 4.53. The summed E-state index contributed by atoms with van der Waals surface area (Å²) in [5, 5.41) is 8.95. The summed E-state index contributed by atoms with van der Waals surface area (Å²) in [6, 6.07) is 0. The van der Waals surface area contributed by atoms with Gasteiger partial charge >= 0.3 is 5.97 Å². The van der Waals surface area contributed by atoms with E-state index >= 15 is 0 Å². The average molecular weight is 197 g/mol. The maximum atomic E-state index is 11.9.